The molecule has 1 aromatic rings. The Morgan fingerprint density at radius 3 is 3.00 bits per heavy atom. The van der Waals surface area contributed by atoms with E-state index in [1.54, 1.807) is 0 Å². The van der Waals surface area contributed by atoms with E-state index >= 15 is 0 Å². The van der Waals surface area contributed by atoms with E-state index in [0.717, 1.165) is 32.4 Å². The summed E-state index contributed by atoms with van der Waals surface area (Å²) in [4.78, 5) is 12.6. The van der Waals surface area contributed by atoms with Crippen LogP contribution in [0.25, 0.3) is 0 Å². The van der Waals surface area contributed by atoms with E-state index < -0.39 is 10.0 Å². The molecule has 8 nitrogen and oxygen atoms in total. The lowest BCUT2D eigenvalue weighted by Gasteiger charge is -2.37. The Balaban J connectivity index is 0.00000225. The number of carbonyl (C=O) groups is 1. The summed E-state index contributed by atoms with van der Waals surface area (Å²) in [6.45, 7) is 2.07. The van der Waals surface area contributed by atoms with E-state index in [9.17, 15) is 13.2 Å². The number of rotatable bonds is 7. The van der Waals surface area contributed by atoms with Crippen LogP contribution in [0.4, 0.5) is 0 Å². The molecule has 1 aromatic heterocycles. The molecule has 3 N–H and O–H groups in total. The number of nitrogens with one attached hydrogen (secondary N) is 3. The van der Waals surface area contributed by atoms with Crippen LogP contribution in [0.1, 0.15) is 31.4 Å². The summed E-state index contributed by atoms with van der Waals surface area (Å²) in [6, 6.07) is 1.51. The zero-order valence-corrected chi connectivity index (χ0v) is 15.6. The lowest BCUT2D eigenvalue weighted by molar-refractivity contribution is -0.133. The average molecular weight is 393 g/mol. The van der Waals surface area contributed by atoms with Crippen LogP contribution in [0.2, 0.25) is 0 Å². The highest BCUT2D eigenvalue weighted by Gasteiger charge is 2.49. The minimum Gasteiger partial charge on any atom is -0.364 e. The molecule has 2 atom stereocenters. The molecule has 0 radical (unpaired) electrons. The SMILES string of the molecule is Cl.O=C(NCCNS(=O)(=O)Cc1ccon1)[C@@]12CCCC[C@H]1CNC2. The summed E-state index contributed by atoms with van der Waals surface area (Å²) >= 11 is 0. The fourth-order valence-electron chi connectivity index (χ4n) is 3.81. The number of fused-ring (bicyclic) bond motifs is 1. The maximum Gasteiger partial charge on any atom is 0.227 e. The average Bonchev–Trinajstić information content (AvgIpc) is 3.20. The summed E-state index contributed by atoms with van der Waals surface area (Å²) in [5.41, 5.74) is 0.0465. The van der Waals surface area contributed by atoms with Crippen molar-refractivity contribution in [3.8, 4) is 0 Å². The van der Waals surface area contributed by atoms with Crippen LogP contribution in [0.3, 0.4) is 0 Å². The number of hydrogen-bond acceptors (Lipinski definition) is 6. The lowest BCUT2D eigenvalue weighted by Crippen LogP contribution is -2.49. The molecule has 1 aliphatic heterocycles. The van der Waals surface area contributed by atoms with Gasteiger partial charge in [-0.15, -0.1) is 12.4 Å². The molecule has 2 heterocycles. The number of carbonyl (C=O) groups excluding carboxylic acids is 1. The Morgan fingerprint density at radius 1 is 1.40 bits per heavy atom. The molecule has 1 amide bonds. The van der Waals surface area contributed by atoms with Crippen molar-refractivity contribution >= 4 is 28.3 Å². The van der Waals surface area contributed by atoms with E-state index in [1.807, 2.05) is 0 Å². The highest BCUT2D eigenvalue weighted by molar-refractivity contribution is 7.88. The van der Waals surface area contributed by atoms with Crippen molar-refractivity contribution in [1.29, 1.82) is 0 Å². The fraction of sp³-hybridized carbons (Fsp3) is 0.733. The first-order chi connectivity index (χ1) is 11.5. The number of halogens is 1. The number of sulfonamides is 1. The second kappa shape index (κ2) is 8.48. The number of nitrogens with zero attached hydrogens (tertiary/aromatic N) is 1. The number of amides is 1. The highest BCUT2D eigenvalue weighted by Crippen LogP contribution is 2.43. The quantitative estimate of drug-likeness (QED) is 0.579. The molecule has 0 aromatic carbocycles. The first-order valence-electron chi connectivity index (χ1n) is 8.37. The van der Waals surface area contributed by atoms with Gasteiger partial charge in [-0.25, -0.2) is 13.1 Å². The third-order valence-corrected chi connectivity index (χ3v) is 6.37. The smallest absolute Gasteiger partial charge is 0.227 e. The van der Waals surface area contributed by atoms with Gasteiger partial charge in [0.1, 0.15) is 12.0 Å². The topological polar surface area (TPSA) is 113 Å². The minimum absolute atomic E-state index is 0. The molecule has 0 bridgehead atoms. The second-order valence-corrected chi connectivity index (χ2v) is 8.44. The van der Waals surface area contributed by atoms with Gasteiger partial charge in [0, 0.05) is 25.7 Å². The van der Waals surface area contributed by atoms with Gasteiger partial charge >= 0.3 is 0 Å². The molecule has 1 saturated carbocycles. The maximum absolute atomic E-state index is 12.6. The van der Waals surface area contributed by atoms with E-state index in [-0.39, 0.29) is 42.6 Å². The molecule has 3 rings (SSSR count). The van der Waals surface area contributed by atoms with Crippen molar-refractivity contribution in [2.45, 2.75) is 31.4 Å². The van der Waals surface area contributed by atoms with Gasteiger partial charge in [-0.3, -0.25) is 4.79 Å². The van der Waals surface area contributed by atoms with Crippen molar-refractivity contribution in [2.24, 2.45) is 11.3 Å². The first kappa shape index (κ1) is 20.2. The second-order valence-electron chi connectivity index (χ2n) is 6.63. The largest absolute Gasteiger partial charge is 0.364 e. The Morgan fingerprint density at radius 2 is 2.24 bits per heavy atom. The first-order valence-corrected chi connectivity index (χ1v) is 10.0. The molecule has 1 saturated heterocycles. The van der Waals surface area contributed by atoms with E-state index in [1.165, 1.54) is 18.8 Å². The van der Waals surface area contributed by atoms with Gasteiger partial charge in [-0.05, 0) is 25.3 Å². The molecule has 2 aliphatic rings. The molecular formula is C15H25ClN4O4S. The zero-order valence-electron chi connectivity index (χ0n) is 14.0. The lowest BCUT2D eigenvalue weighted by atomic mass is 9.67. The summed E-state index contributed by atoms with van der Waals surface area (Å²) < 4.78 is 30.9. The number of aromatic nitrogens is 1. The van der Waals surface area contributed by atoms with Crippen LogP contribution in [0.15, 0.2) is 16.9 Å². The predicted octanol–water partition coefficient (Wildman–Crippen LogP) is 0.412. The van der Waals surface area contributed by atoms with E-state index in [4.69, 9.17) is 0 Å². The van der Waals surface area contributed by atoms with Crippen LogP contribution in [0, 0.1) is 11.3 Å². The van der Waals surface area contributed by atoms with Crippen molar-refractivity contribution in [1.82, 2.24) is 20.5 Å². The Bertz CT molecular complexity index is 667. The molecule has 25 heavy (non-hydrogen) atoms. The van der Waals surface area contributed by atoms with Gasteiger partial charge in [-0.1, -0.05) is 18.0 Å². The highest BCUT2D eigenvalue weighted by atomic mass is 35.5. The third-order valence-electron chi connectivity index (χ3n) is 5.05. The van der Waals surface area contributed by atoms with Crippen LogP contribution < -0.4 is 15.4 Å². The van der Waals surface area contributed by atoms with Gasteiger partial charge in [0.15, 0.2) is 0 Å². The van der Waals surface area contributed by atoms with Gasteiger partial charge in [0.05, 0.1) is 11.1 Å². The summed E-state index contributed by atoms with van der Waals surface area (Å²) in [5, 5.41) is 9.83. The number of hydrogen-bond donors (Lipinski definition) is 3. The van der Waals surface area contributed by atoms with E-state index in [0.29, 0.717) is 11.6 Å². The standard InChI is InChI=1S/C15H24N4O4S.ClH/c20-14(15-5-2-1-3-12(15)9-16-11-15)17-6-7-18-24(21,22)10-13-4-8-23-19-13;/h4,8,12,16,18H,1-3,5-7,9-11H2,(H,17,20);1H/t12-,15+;/m0./s1. The molecule has 142 valence electrons. The van der Waals surface area contributed by atoms with Crippen molar-refractivity contribution in [3.05, 3.63) is 18.0 Å². The van der Waals surface area contributed by atoms with Gasteiger partial charge in [0.25, 0.3) is 0 Å². The van der Waals surface area contributed by atoms with Gasteiger partial charge in [0.2, 0.25) is 15.9 Å². The predicted molar refractivity (Wildman–Crippen MR) is 94.6 cm³/mol. The van der Waals surface area contributed by atoms with Gasteiger partial charge < -0.3 is 15.2 Å². The third kappa shape index (κ3) is 4.72. The Labute approximate surface area is 153 Å². The molecule has 0 unspecified atom stereocenters. The summed E-state index contributed by atoms with van der Waals surface area (Å²) in [7, 11) is -3.48. The van der Waals surface area contributed by atoms with Crippen molar-refractivity contribution in [3.63, 3.8) is 0 Å². The van der Waals surface area contributed by atoms with Crippen LogP contribution in [-0.4, -0.2) is 45.7 Å². The fourth-order valence-corrected chi connectivity index (χ4v) is 4.86. The summed E-state index contributed by atoms with van der Waals surface area (Å²) in [5.74, 6) is 0.218. The van der Waals surface area contributed by atoms with Crippen molar-refractivity contribution in [2.75, 3.05) is 26.2 Å². The van der Waals surface area contributed by atoms with Crippen LogP contribution in [-0.2, 0) is 20.6 Å². The normalized spacial score (nSPS) is 25.8. The van der Waals surface area contributed by atoms with Gasteiger partial charge in [-0.2, -0.15) is 0 Å². The summed E-state index contributed by atoms with van der Waals surface area (Å²) in [6.07, 6.45) is 5.60. The molecule has 2 fully saturated rings. The van der Waals surface area contributed by atoms with Crippen LogP contribution >= 0.6 is 12.4 Å². The maximum atomic E-state index is 12.6. The Hall–Kier alpha value is -1.16. The van der Waals surface area contributed by atoms with E-state index in [2.05, 4.69) is 25.0 Å². The van der Waals surface area contributed by atoms with Crippen molar-refractivity contribution < 1.29 is 17.7 Å². The Kier molecular flexibility index (Phi) is 6.84. The molecular weight excluding hydrogens is 368 g/mol. The molecule has 0 spiro atoms. The van der Waals surface area contributed by atoms with Crippen LogP contribution in [0.5, 0.6) is 0 Å². The monoisotopic (exact) mass is 392 g/mol. The minimum atomic E-state index is -3.48. The molecule has 10 heteroatoms. The zero-order chi connectivity index (χ0) is 17.0. The molecule has 1 aliphatic carbocycles.